The lowest BCUT2D eigenvalue weighted by Gasteiger charge is -2.36. The van der Waals surface area contributed by atoms with Gasteiger partial charge in [0.2, 0.25) is 0 Å². The third-order valence-corrected chi connectivity index (χ3v) is 8.82. The summed E-state index contributed by atoms with van der Waals surface area (Å²) in [6.07, 6.45) is 7.57. The van der Waals surface area contributed by atoms with Gasteiger partial charge in [0.25, 0.3) is 5.56 Å². The first-order chi connectivity index (χ1) is 23.2. The number of halogens is 2. The van der Waals surface area contributed by atoms with Crippen molar-refractivity contribution in [3.63, 3.8) is 0 Å². The summed E-state index contributed by atoms with van der Waals surface area (Å²) in [4.78, 5) is 43.8. The highest BCUT2D eigenvalue weighted by atomic mass is 19.2. The fourth-order valence-electron chi connectivity index (χ4n) is 5.92. The number of carbonyl (C=O) groups is 1. The Morgan fingerprint density at radius 1 is 0.979 bits per heavy atom. The van der Waals surface area contributed by atoms with Gasteiger partial charge < -0.3 is 9.80 Å². The number of nitrogens with zero attached hydrogens (tertiary/aromatic N) is 6. The molecule has 3 aromatic carbocycles. The number of piperidine rings is 1. The minimum Gasteiger partial charge on any atom is -0.372 e. The molecule has 0 atom stereocenters. The molecule has 0 saturated carbocycles. The first-order valence-electron chi connectivity index (χ1n) is 16.0. The van der Waals surface area contributed by atoms with Crippen molar-refractivity contribution >= 4 is 22.4 Å². The predicted octanol–water partition coefficient (Wildman–Crippen LogP) is 5.65. The zero-order chi connectivity index (χ0) is 33.6. The van der Waals surface area contributed by atoms with Gasteiger partial charge in [-0.1, -0.05) is 30.0 Å². The maximum absolute atomic E-state index is 13.6. The molecular formula is C38H36F2N6O2. The number of hydrogen-bond donors (Lipinski definition) is 0. The van der Waals surface area contributed by atoms with Crippen molar-refractivity contribution in [3.8, 4) is 11.8 Å². The Morgan fingerprint density at radius 2 is 1.75 bits per heavy atom. The molecule has 8 nitrogen and oxygen atoms in total. The zero-order valence-corrected chi connectivity index (χ0v) is 27.0. The number of rotatable bonds is 9. The third-order valence-electron chi connectivity index (χ3n) is 8.82. The molecule has 5 aromatic rings. The van der Waals surface area contributed by atoms with Crippen LogP contribution < -0.4 is 10.5 Å². The molecular weight excluding hydrogens is 610 g/mol. The number of anilines is 1. The smallest absolute Gasteiger partial charge is 0.264 e. The molecule has 1 aliphatic heterocycles. The van der Waals surface area contributed by atoms with E-state index in [1.165, 1.54) is 41.7 Å². The number of carbonyl (C=O) groups excluding carboxylic acids is 1. The average Bonchev–Trinajstić information content (AvgIpc) is 3.09. The van der Waals surface area contributed by atoms with Crippen molar-refractivity contribution in [1.29, 1.82) is 0 Å². The lowest BCUT2D eigenvalue weighted by molar-refractivity contribution is 0.0981. The van der Waals surface area contributed by atoms with Crippen LogP contribution in [0.1, 0.15) is 58.6 Å². The molecule has 0 spiro atoms. The highest BCUT2D eigenvalue weighted by Gasteiger charge is 2.21. The maximum atomic E-state index is 13.6. The quantitative estimate of drug-likeness (QED) is 0.151. The summed E-state index contributed by atoms with van der Waals surface area (Å²) in [6.45, 7) is 2.22. The van der Waals surface area contributed by atoms with Gasteiger partial charge in [-0.3, -0.25) is 14.2 Å². The Balaban J connectivity index is 1.04. The first kappa shape index (κ1) is 32.7. The lowest BCUT2D eigenvalue weighted by Crippen LogP contribution is -2.41. The third kappa shape index (κ3) is 7.81. The molecule has 1 aliphatic rings. The van der Waals surface area contributed by atoms with Gasteiger partial charge in [-0.15, -0.1) is 0 Å². The molecule has 10 heteroatoms. The van der Waals surface area contributed by atoms with Crippen molar-refractivity contribution in [3.05, 3.63) is 129 Å². The highest BCUT2D eigenvalue weighted by molar-refractivity contribution is 5.95. The normalized spacial score (nSPS) is 13.7. The van der Waals surface area contributed by atoms with Crippen molar-refractivity contribution in [2.45, 2.75) is 44.7 Å². The molecule has 244 valence electrons. The van der Waals surface area contributed by atoms with Gasteiger partial charge in [0, 0.05) is 61.4 Å². The fourth-order valence-corrected chi connectivity index (χ4v) is 5.92. The maximum Gasteiger partial charge on any atom is 0.264 e. The van der Waals surface area contributed by atoms with Crippen LogP contribution in [0, 0.1) is 23.5 Å². The topological polar surface area (TPSA) is 84.2 Å². The number of hydrogen-bond acceptors (Lipinski definition) is 7. The van der Waals surface area contributed by atoms with Crippen molar-refractivity contribution in [1.82, 2.24) is 24.4 Å². The van der Waals surface area contributed by atoms with Crippen molar-refractivity contribution in [2.24, 2.45) is 0 Å². The van der Waals surface area contributed by atoms with Crippen LogP contribution in [-0.2, 0) is 13.0 Å². The molecule has 48 heavy (non-hydrogen) atoms. The minimum atomic E-state index is -1.01. The van der Waals surface area contributed by atoms with Crippen LogP contribution in [0.3, 0.4) is 0 Å². The van der Waals surface area contributed by atoms with Crippen LogP contribution in [-0.4, -0.2) is 63.4 Å². The summed E-state index contributed by atoms with van der Waals surface area (Å²) in [5, 5.41) is 0.869. The van der Waals surface area contributed by atoms with E-state index in [2.05, 4.69) is 70.0 Å². The van der Waals surface area contributed by atoms with Gasteiger partial charge in [0.1, 0.15) is 11.4 Å². The fraction of sp³-hybridized carbons (Fsp3) is 0.289. The number of aromatic nitrogens is 4. The largest absolute Gasteiger partial charge is 0.372 e. The molecule has 2 aromatic heterocycles. The Labute approximate surface area is 278 Å². The van der Waals surface area contributed by atoms with Crippen LogP contribution >= 0.6 is 0 Å². The van der Waals surface area contributed by atoms with Crippen LogP contribution in [0.5, 0.6) is 0 Å². The number of ketones is 1. The summed E-state index contributed by atoms with van der Waals surface area (Å²) in [6, 6.07) is 18.3. The van der Waals surface area contributed by atoms with Gasteiger partial charge in [-0.2, -0.15) is 0 Å². The van der Waals surface area contributed by atoms with Gasteiger partial charge in [0.05, 0.1) is 18.4 Å². The van der Waals surface area contributed by atoms with Crippen LogP contribution in [0.25, 0.3) is 10.9 Å². The molecule has 0 aliphatic carbocycles. The number of likely N-dealkylation sites (tertiary alicyclic amines) is 1. The second kappa shape index (κ2) is 14.7. The molecule has 0 N–H and O–H groups in total. The van der Waals surface area contributed by atoms with Crippen molar-refractivity contribution < 1.29 is 13.6 Å². The Bertz CT molecular complexity index is 2060. The lowest BCUT2D eigenvalue weighted by atomic mass is 10.0. The summed E-state index contributed by atoms with van der Waals surface area (Å²) in [5.41, 5.74) is 3.73. The molecule has 0 radical (unpaired) electrons. The monoisotopic (exact) mass is 646 g/mol. The molecule has 1 saturated heterocycles. The van der Waals surface area contributed by atoms with Gasteiger partial charge in [-0.25, -0.2) is 23.7 Å². The number of Topliss-reactive ketones (excluding diaryl/α,β-unsaturated/α-hetero) is 1. The molecule has 0 bridgehead atoms. The van der Waals surface area contributed by atoms with E-state index in [9.17, 15) is 18.4 Å². The summed E-state index contributed by atoms with van der Waals surface area (Å²) >= 11 is 0. The predicted molar refractivity (Wildman–Crippen MR) is 182 cm³/mol. The van der Waals surface area contributed by atoms with Gasteiger partial charge >= 0.3 is 0 Å². The SMILES string of the molecule is CN1CCC(N(C)c2ccc(Cc3ncc4cc(C#CCCC(=O)c5cncn(Cc6ccc(F)c(F)c6)c5=O)ccc4n3)cc2)CC1. The highest BCUT2D eigenvalue weighted by Crippen LogP contribution is 2.23. The van der Waals surface area contributed by atoms with E-state index >= 15 is 0 Å². The first-order valence-corrected chi connectivity index (χ1v) is 16.0. The van der Waals surface area contributed by atoms with E-state index in [0.717, 1.165) is 53.1 Å². The summed E-state index contributed by atoms with van der Waals surface area (Å²) < 4.78 is 28.0. The number of benzene rings is 3. The van der Waals surface area contributed by atoms with Crippen LogP contribution in [0.2, 0.25) is 0 Å². The standard InChI is InChI=1S/C38H36F2N6O2/c1-44-17-15-31(16-18-44)45(2)30-11-7-27(8-12-30)21-37-42-22-29-19-26(10-14-35(29)43-37)5-3-4-6-36(47)32-23-41-25-46(38(32)48)24-28-9-13-33(39)34(40)20-28/h7-14,19-20,22-23,25,31H,4,6,15-18,21,24H2,1-2H3. The van der Waals surface area contributed by atoms with Crippen LogP contribution in [0.15, 0.2) is 84.2 Å². The van der Waals surface area contributed by atoms with Crippen LogP contribution in [0.4, 0.5) is 14.5 Å². The molecule has 1 fully saturated rings. The van der Waals surface area contributed by atoms with E-state index in [0.29, 0.717) is 18.0 Å². The van der Waals surface area contributed by atoms with E-state index in [-0.39, 0.29) is 30.7 Å². The summed E-state index contributed by atoms with van der Waals surface area (Å²) in [7, 11) is 4.36. The minimum absolute atomic E-state index is 0.0363. The van der Waals surface area contributed by atoms with E-state index in [1.54, 1.807) is 0 Å². The Hall–Kier alpha value is -5.27. The number of fused-ring (bicyclic) bond motifs is 1. The second-order valence-electron chi connectivity index (χ2n) is 12.3. The van der Waals surface area contributed by atoms with E-state index in [1.807, 2.05) is 24.4 Å². The van der Waals surface area contributed by atoms with E-state index in [4.69, 9.17) is 4.98 Å². The molecule has 0 amide bonds. The molecule has 3 heterocycles. The Morgan fingerprint density at radius 3 is 2.52 bits per heavy atom. The average molecular weight is 647 g/mol. The molecule has 6 rings (SSSR count). The van der Waals surface area contributed by atoms with Gasteiger partial charge in [0.15, 0.2) is 17.4 Å². The van der Waals surface area contributed by atoms with Crippen molar-refractivity contribution in [2.75, 3.05) is 32.1 Å². The second-order valence-corrected chi connectivity index (χ2v) is 12.3. The molecule has 0 unspecified atom stereocenters. The van der Waals surface area contributed by atoms with E-state index < -0.39 is 17.2 Å². The summed E-state index contributed by atoms with van der Waals surface area (Å²) in [5.74, 6) is 4.46. The Kier molecular flexibility index (Phi) is 9.97. The van der Waals surface area contributed by atoms with Gasteiger partial charge in [-0.05, 0) is 86.6 Å². The zero-order valence-electron chi connectivity index (χ0n) is 27.0.